The third-order valence-corrected chi connectivity index (χ3v) is 2.47. The molecule has 1 rings (SSSR count). The highest BCUT2D eigenvalue weighted by Crippen LogP contribution is 2.13. The zero-order valence-electron chi connectivity index (χ0n) is 10.7. The Morgan fingerprint density at radius 2 is 1.75 bits per heavy atom. The van der Waals surface area contributed by atoms with Gasteiger partial charge in [-0.2, -0.15) is 0 Å². The highest BCUT2D eigenvalue weighted by molar-refractivity contribution is 5.11. The Morgan fingerprint density at radius 3 is 2.25 bits per heavy atom. The molecule has 0 saturated heterocycles. The van der Waals surface area contributed by atoms with Crippen LogP contribution in [0.4, 0.5) is 0 Å². The Morgan fingerprint density at radius 1 is 1.12 bits per heavy atom. The Balaban J connectivity index is 2.32. The molecule has 0 unspecified atom stereocenters. The molecule has 1 aromatic heterocycles. The zero-order valence-corrected chi connectivity index (χ0v) is 10.7. The summed E-state index contributed by atoms with van der Waals surface area (Å²) in [5.74, 6) is 1.20. The van der Waals surface area contributed by atoms with Crippen LogP contribution < -0.4 is 4.74 Å². The fraction of sp³-hybridized carbons (Fsp3) is 0.692. The summed E-state index contributed by atoms with van der Waals surface area (Å²) in [7, 11) is 0. The van der Waals surface area contributed by atoms with Gasteiger partial charge in [0.1, 0.15) is 0 Å². The lowest BCUT2D eigenvalue weighted by Gasteiger charge is -2.07. The minimum Gasteiger partial charge on any atom is -0.463 e. The minimum absolute atomic E-state index is 0.468. The second kappa shape index (κ2) is 6.46. The van der Waals surface area contributed by atoms with E-state index in [9.17, 15) is 0 Å². The lowest BCUT2D eigenvalue weighted by atomic mass is 10.1. The second-order valence-corrected chi connectivity index (χ2v) is 4.84. The lowest BCUT2D eigenvalue weighted by molar-refractivity contribution is 0.275. The quantitative estimate of drug-likeness (QED) is 0.692. The molecule has 1 heterocycles. The highest BCUT2D eigenvalue weighted by Gasteiger charge is 2.02. The molecule has 0 N–H and O–H groups in total. The van der Waals surface area contributed by atoms with Gasteiger partial charge < -0.3 is 4.74 Å². The van der Waals surface area contributed by atoms with Gasteiger partial charge in [-0.25, -0.2) is 9.97 Å². The van der Waals surface area contributed by atoms with Crippen LogP contribution in [0, 0.1) is 5.92 Å². The number of hydrogen-bond acceptors (Lipinski definition) is 3. The van der Waals surface area contributed by atoms with Crippen molar-refractivity contribution >= 4 is 0 Å². The molecular formula is C13H22N2O. The average Bonchev–Trinajstić information content (AvgIpc) is 2.25. The largest absolute Gasteiger partial charge is 0.463 e. The van der Waals surface area contributed by atoms with Crippen LogP contribution in [-0.4, -0.2) is 16.6 Å². The van der Waals surface area contributed by atoms with Gasteiger partial charge in [0.05, 0.1) is 6.61 Å². The molecule has 16 heavy (non-hydrogen) atoms. The van der Waals surface area contributed by atoms with Crippen molar-refractivity contribution in [3.05, 3.63) is 18.0 Å². The summed E-state index contributed by atoms with van der Waals surface area (Å²) in [4.78, 5) is 8.37. The second-order valence-electron chi connectivity index (χ2n) is 4.84. The lowest BCUT2D eigenvalue weighted by Crippen LogP contribution is -2.03. The summed E-state index contributed by atoms with van der Waals surface area (Å²) in [6.07, 6.45) is 5.93. The van der Waals surface area contributed by atoms with Gasteiger partial charge >= 0.3 is 6.01 Å². The Bertz CT molecular complexity index is 293. The van der Waals surface area contributed by atoms with E-state index in [2.05, 4.69) is 37.7 Å². The number of ether oxygens (including phenoxy) is 1. The normalized spacial score (nSPS) is 11.1. The van der Waals surface area contributed by atoms with Crippen LogP contribution in [0.3, 0.4) is 0 Å². The van der Waals surface area contributed by atoms with Gasteiger partial charge in [0.25, 0.3) is 0 Å². The fourth-order valence-electron chi connectivity index (χ4n) is 1.35. The Kier molecular flexibility index (Phi) is 5.23. The molecule has 90 valence electrons. The molecule has 0 atom stereocenters. The summed E-state index contributed by atoms with van der Waals surface area (Å²) in [6, 6.07) is 0.494. The van der Waals surface area contributed by atoms with Crippen molar-refractivity contribution in [3.63, 3.8) is 0 Å². The molecule has 1 aromatic rings. The number of rotatable bonds is 6. The van der Waals surface area contributed by atoms with Crippen LogP contribution >= 0.6 is 0 Å². The van der Waals surface area contributed by atoms with Crippen molar-refractivity contribution in [2.24, 2.45) is 5.92 Å². The monoisotopic (exact) mass is 222 g/mol. The standard InChI is InChI=1S/C13H22N2O/c1-10(2)6-5-7-16-13-14-8-12(9-15-13)11(3)4/h8-11H,5-7H2,1-4H3. The average molecular weight is 222 g/mol. The van der Waals surface area contributed by atoms with E-state index in [4.69, 9.17) is 4.74 Å². The molecule has 3 nitrogen and oxygen atoms in total. The van der Waals surface area contributed by atoms with E-state index in [1.165, 1.54) is 6.42 Å². The zero-order chi connectivity index (χ0) is 12.0. The molecule has 0 bridgehead atoms. The first-order chi connectivity index (χ1) is 7.59. The van der Waals surface area contributed by atoms with E-state index in [1.54, 1.807) is 0 Å². The molecule has 0 radical (unpaired) electrons. The third kappa shape index (κ3) is 4.60. The molecule has 0 saturated carbocycles. The maximum Gasteiger partial charge on any atom is 0.316 e. The first kappa shape index (κ1) is 12.9. The van der Waals surface area contributed by atoms with Crippen molar-refractivity contribution in [1.82, 2.24) is 9.97 Å². The summed E-state index contributed by atoms with van der Waals surface area (Å²) < 4.78 is 5.47. The van der Waals surface area contributed by atoms with Crippen LogP contribution in [0.2, 0.25) is 0 Å². The molecular weight excluding hydrogens is 200 g/mol. The molecule has 3 heteroatoms. The molecule has 0 aliphatic carbocycles. The Labute approximate surface area is 98.3 Å². The number of nitrogens with zero attached hydrogens (tertiary/aromatic N) is 2. The van der Waals surface area contributed by atoms with E-state index >= 15 is 0 Å². The van der Waals surface area contributed by atoms with Crippen molar-refractivity contribution in [2.45, 2.75) is 46.5 Å². The van der Waals surface area contributed by atoms with Gasteiger partial charge in [0, 0.05) is 12.4 Å². The van der Waals surface area contributed by atoms with Crippen molar-refractivity contribution < 1.29 is 4.74 Å². The third-order valence-electron chi connectivity index (χ3n) is 2.47. The van der Waals surface area contributed by atoms with Crippen LogP contribution in [0.1, 0.15) is 52.0 Å². The summed E-state index contributed by atoms with van der Waals surface area (Å²) in [6.45, 7) is 9.39. The maximum absolute atomic E-state index is 5.47. The first-order valence-electron chi connectivity index (χ1n) is 6.04. The Hall–Kier alpha value is -1.12. The van der Waals surface area contributed by atoms with Gasteiger partial charge in [0.2, 0.25) is 0 Å². The van der Waals surface area contributed by atoms with E-state index < -0.39 is 0 Å². The van der Waals surface area contributed by atoms with Gasteiger partial charge in [0.15, 0.2) is 0 Å². The van der Waals surface area contributed by atoms with Gasteiger partial charge in [-0.15, -0.1) is 0 Å². The smallest absolute Gasteiger partial charge is 0.316 e. The van der Waals surface area contributed by atoms with E-state index in [0.29, 0.717) is 18.5 Å². The summed E-state index contributed by atoms with van der Waals surface area (Å²) in [5, 5.41) is 0. The van der Waals surface area contributed by atoms with Gasteiger partial charge in [-0.3, -0.25) is 0 Å². The van der Waals surface area contributed by atoms with Crippen LogP contribution in [0.5, 0.6) is 6.01 Å². The predicted molar refractivity (Wildman–Crippen MR) is 65.7 cm³/mol. The predicted octanol–water partition coefficient (Wildman–Crippen LogP) is 3.42. The number of hydrogen-bond donors (Lipinski definition) is 0. The molecule has 0 amide bonds. The van der Waals surface area contributed by atoms with Crippen LogP contribution in [-0.2, 0) is 0 Å². The molecule has 0 fully saturated rings. The first-order valence-corrected chi connectivity index (χ1v) is 6.04. The molecule has 0 spiro atoms. The fourth-order valence-corrected chi connectivity index (χ4v) is 1.35. The van der Waals surface area contributed by atoms with Crippen molar-refractivity contribution in [2.75, 3.05) is 6.61 Å². The highest BCUT2D eigenvalue weighted by atomic mass is 16.5. The number of aromatic nitrogens is 2. The maximum atomic E-state index is 5.47. The SMILES string of the molecule is CC(C)CCCOc1ncc(C(C)C)cn1. The van der Waals surface area contributed by atoms with Gasteiger partial charge in [-0.05, 0) is 30.2 Å². The minimum atomic E-state index is 0.468. The summed E-state index contributed by atoms with van der Waals surface area (Å²) >= 11 is 0. The summed E-state index contributed by atoms with van der Waals surface area (Å²) in [5.41, 5.74) is 1.15. The molecule has 0 aliphatic rings. The van der Waals surface area contributed by atoms with E-state index in [-0.39, 0.29) is 0 Å². The van der Waals surface area contributed by atoms with E-state index in [0.717, 1.165) is 17.9 Å². The van der Waals surface area contributed by atoms with Gasteiger partial charge in [-0.1, -0.05) is 27.7 Å². The van der Waals surface area contributed by atoms with E-state index in [1.807, 2.05) is 12.4 Å². The van der Waals surface area contributed by atoms with Crippen molar-refractivity contribution in [3.8, 4) is 6.01 Å². The van der Waals surface area contributed by atoms with Crippen LogP contribution in [0.15, 0.2) is 12.4 Å². The van der Waals surface area contributed by atoms with Crippen molar-refractivity contribution in [1.29, 1.82) is 0 Å². The molecule has 0 aliphatic heterocycles. The topological polar surface area (TPSA) is 35.0 Å². The van der Waals surface area contributed by atoms with Crippen LogP contribution in [0.25, 0.3) is 0 Å². The molecule has 0 aromatic carbocycles.